The summed E-state index contributed by atoms with van der Waals surface area (Å²) in [4.78, 5) is 22.5. The Kier molecular flexibility index (Phi) is 5.28. The van der Waals surface area contributed by atoms with Crippen LogP contribution in [0, 0.1) is 0 Å². The van der Waals surface area contributed by atoms with Gasteiger partial charge in [0.25, 0.3) is 0 Å². The van der Waals surface area contributed by atoms with Gasteiger partial charge in [-0.1, -0.05) is 23.2 Å². The number of hydrogen-bond acceptors (Lipinski definition) is 7. The Morgan fingerprint density at radius 2 is 1.14 bits per heavy atom. The molecule has 2 aliphatic rings. The second-order valence-corrected chi connectivity index (χ2v) is 5.67. The van der Waals surface area contributed by atoms with E-state index in [9.17, 15) is 0 Å². The van der Waals surface area contributed by atoms with Crippen molar-refractivity contribution in [2.45, 2.75) is 64.2 Å². The molecule has 7 nitrogen and oxygen atoms in total. The van der Waals surface area contributed by atoms with Gasteiger partial charge >= 0.3 is 12.0 Å². The highest BCUT2D eigenvalue weighted by Crippen LogP contribution is 2.17. The van der Waals surface area contributed by atoms with Crippen molar-refractivity contribution in [1.29, 1.82) is 0 Å². The molecule has 0 spiro atoms. The van der Waals surface area contributed by atoms with Gasteiger partial charge in [0.15, 0.2) is 0 Å². The summed E-state index contributed by atoms with van der Waals surface area (Å²) in [6.45, 7) is 0. The lowest BCUT2D eigenvalue weighted by Gasteiger charge is -2.11. The van der Waals surface area contributed by atoms with E-state index in [0.29, 0.717) is 0 Å². The molecule has 0 unspecified atom stereocenters. The fourth-order valence-electron chi connectivity index (χ4n) is 2.67. The normalized spacial score (nSPS) is 18.7. The van der Waals surface area contributed by atoms with Crippen molar-refractivity contribution in [3.63, 3.8) is 0 Å². The number of oxime groups is 2. The van der Waals surface area contributed by atoms with Gasteiger partial charge in [-0.05, 0) is 51.4 Å². The van der Waals surface area contributed by atoms with Crippen LogP contribution in [-0.4, -0.2) is 26.4 Å². The van der Waals surface area contributed by atoms with Gasteiger partial charge in [-0.15, -0.1) is 4.98 Å². The van der Waals surface area contributed by atoms with Gasteiger partial charge in [-0.3, -0.25) is 0 Å². The summed E-state index contributed by atoms with van der Waals surface area (Å²) in [5, 5.41) is 8.23. The van der Waals surface area contributed by atoms with Crippen molar-refractivity contribution in [2.24, 2.45) is 10.3 Å². The van der Waals surface area contributed by atoms with E-state index in [2.05, 4.69) is 25.3 Å². The minimum Gasteiger partial charge on any atom is -0.315 e. The largest absolute Gasteiger partial charge is 0.351 e. The number of hydrogen-bond donors (Lipinski definition) is 0. The SMILES string of the molecule is c1nc(ON=C2CCCCC2)nc(ON=C2CCCCC2)n1. The maximum absolute atomic E-state index is 5.28. The van der Waals surface area contributed by atoms with E-state index in [4.69, 9.17) is 9.68 Å². The highest BCUT2D eigenvalue weighted by atomic mass is 16.7. The van der Waals surface area contributed by atoms with Gasteiger partial charge in [0.1, 0.15) is 6.33 Å². The zero-order valence-corrected chi connectivity index (χ0v) is 12.7. The van der Waals surface area contributed by atoms with Crippen molar-refractivity contribution in [1.82, 2.24) is 15.0 Å². The van der Waals surface area contributed by atoms with Crippen LogP contribution in [0.3, 0.4) is 0 Å². The lowest BCUT2D eigenvalue weighted by molar-refractivity contribution is 0.275. The molecule has 1 aromatic rings. The summed E-state index contributed by atoms with van der Waals surface area (Å²) in [6, 6.07) is 0.291. The second-order valence-electron chi connectivity index (χ2n) is 5.67. The molecule has 0 N–H and O–H groups in total. The summed E-state index contributed by atoms with van der Waals surface area (Å²) in [5.74, 6) is 0. The zero-order valence-electron chi connectivity index (χ0n) is 12.7. The van der Waals surface area contributed by atoms with Gasteiger partial charge in [-0.2, -0.15) is 9.97 Å². The number of aromatic nitrogens is 3. The van der Waals surface area contributed by atoms with Crippen LogP contribution in [0.15, 0.2) is 16.6 Å². The van der Waals surface area contributed by atoms with Gasteiger partial charge < -0.3 is 9.68 Å². The van der Waals surface area contributed by atoms with Gasteiger partial charge in [0, 0.05) is 0 Å². The Bertz CT molecular complexity index is 497. The first-order valence-corrected chi connectivity index (χ1v) is 8.05. The molecule has 1 aromatic heterocycles. The highest BCUT2D eigenvalue weighted by molar-refractivity contribution is 5.84. The molecule has 0 bridgehead atoms. The first kappa shape index (κ1) is 14.9. The molecule has 0 radical (unpaired) electrons. The van der Waals surface area contributed by atoms with Crippen LogP contribution in [0.1, 0.15) is 64.2 Å². The molecule has 3 rings (SSSR count). The third-order valence-corrected chi connectivity index (χ3v) is 3.90. The third-order valence-electron chi connectivity index (χ3n) is 3.90. The van der Waals surface area contributed by atoms with E-state index in [1.807, 2.05) is 0 Å². The van der Waals surface area contributed by atoms with Crippen LogP contribution in [-0.2, 0) is 0 Å². The molecule has 0 amide bonds. The fourth-order valence-corrected chi connectivity index (χ4v) is 2.67. The lowest BCUT2D eigenvalue weighted by Crippen LogP contribution is -2.08. The van der Waals surface area contributed by atoms with Crippen molar-refractivity contribution in [3.05, 3.63) is 6.33 Å². The molecule has 2 aliphatic carbocycles. The molecule has 0 aromatic carbocycles. The topological polar surface area (TPSA) is 81.9 Å². The minimum atomic E-state index is 0.145. The molecular weight excluding hydrogens is 282 g/mol. The van der Waals surface area contributed by atoms with E-state index in [1.165, 1.54) is 44.9 Å². The summed E-state index contributed by atoms with van der Waals surface area (Å²) in [5.41, 5.74) is 2.13. The summed E-state index contributed by atoms with van der Waals surface area (Å²) in [6.07, 6.45) is 12.5. The van der Waals surface area contributed by atoms with E-state index in [-0.39, 0.29) is 12.0 Å². The molecule has 22 heavy (non-hydrogen) atoms. The molecule has 2 saturated carbocycles. The van der Waals surface area contributed by atoms with Crippen LogP contribution < -0.4 is 9.68 Å². The second kappa shape index (κ2) is 7.82. The van der Waals surface area contributed by atoms with Crippen LogP contribution in [0.4, 0.5) is 0 Å². The molecule has 0 atom stereocenters. The number of nitrogens with zero attached hydrogens (tertiary/aromatic N) is 5. The quantitative estimate of drug-likeness (QED) is 0.797. The highest BCUT2D eigenvalue weighted by Gasteiger charge is 2.10. The van der Waals surface area contributed by atoms with Crippen LogP contribution in [0.2, 0.25) is 0 Å². The van der Waals surface area contributed by atoms with Crippen molar-refractivity contribution < 1.29 is 9.68 Å². The first-order valence-electron chi connectivity index (χ1n) is 8.05. The van der Waals surface area contributed by atoms with Gasteiger partial charge in [0.2, 0.25) is 0 Å². The first-order chi connectivity index (χ1) is 10.9. The average molecular weight is 303 g/mol. The predicted octanol–water partition coefficient (Wildman–Crippen LogP) is 3.27. The Labute approximate surface area is 129 Å². The molecule has 2 fully saturated rings. The van der Waals surface area contributed by atoms with Crippen LogP contribution in [0.5, 0.6) is 12.0 Å². The fraction of sp³-hybridized carbons (Fsp3) is 0.667. The maximum Gasteiger partial charge on any atom is 0.351 e. The average Bonchev–Trinajstić information content (AvgIpc) is 2.60. The van der Waals surface area contributed by atoms with Crippen LogP contribution in [0.25, 0.3) is 0 Å². The molecular formula is C15H21N5O2. The Morgan fingerprint density at radius 3 is 1.59 bits per heavy atom. The van der Waals surface area contributed by atoms with Crippen molar-refractivity contribution >= 4 is 11.4 Å². The number of rotatable bonds is 4. The molecule has 118 valence electrons. The van der Waals surface area contributed by atoms with E-state index in [1.54, 1.807) is 0 Å². The third kappa shape index (κ3) is 4.47. The monoisotopic (exact) mass is 303 g/mol. The van der Waals surface area contributed by atoms with E-state index >= 15 is 0 Å². The summed E-state index contributed by atoms with van der Waals surface area (Å²) in [7, 11) is 0. The van der Waals surface area contributed by atoms with Crippen molar-refractivity contribution in [2.75, 3.05) is 0 Å². The Balaban J connectivity index is 1.57. The lowest BCUT2D eigenvalue weighted by atomic mass is 9.99. The summed E-state index contributed by atoms with van der Waals surface area (Å²) >= 11 is 0. The molecule has 1 heterocycles. The standard InChI is InChI=1S/C15H21N5O2/c1-3-7-12(8-4-1)19-21-14-16-11-17-15(18-14)22-20-13-9-5-2-6-10-13/h11H,1-10H2. The van der Waals surface area contributed by atoms with Crippen molar-refractivity contribution in [3.8, 4) is 12.0 Å². The smallest absolute Gasteiger partial charge is 0.315 e. The predicted molar refractivity (Wildman–Crippen MR) is 82.1 cm³/mol. The minimum absolute atomic E-state index is 0.145. The maximum atomic E-state index is 5.28. The Hall–Kier alpha value is -2.05. The molecule has 0 aliphatic heterocycles. The van der Waals surface area contributed by atoms with E-state index in [0.717, 1.165) is 37.1 Å². The molecule has 7 heteroatoms. The molecule has 0 saturated heterocycles. The van der Waals surface area contributed by atoms with Gasteiger partial charge in [0.05, 0.1) is 11.4 Å². The van der Waals surface area contributed by atoms with Gasteiger partial charge in [-0.25, -0.2) is 0 Å². The van der Waals surface area contributed by atoms with E-state index < -0.39 is 0 Å². The van der Waals surface area contributed by atoms with Crippen LogP contribution >= 0.6 is 0 Å². The Morgan fingerprint density at radius 1 is 0.682 bits per heavy atom. The zero-order chi connectivity index (χ0) is 15.0. The summed E-state index contributed by atoms with van der Waals surface area (Å²) < 4.78 is 0.